The van der Waals surface area contributed by atoms with E-state index in [0.29, 0.717) is 6.61 Å². The Balaban J connectivity index is 2.14. The summed E-state index contributed by atoms with van der Waals surface area (Å²) in [7, 11) is 0. The zero-order valence-corrected chi connectivity index (χ0v) is 14.0. The zero-order valence-electron chi connectivity index (χ0n) is 12.5. The van der Waals surface area contributed by atoms with Gasteiger partial charge in [-0.2, -0.15) is 0 Å². The third-order valence-corrected chi connectivity index (χ3v) is 4.71. The Kier molecular flexibility index (Phi) is 3.90. The normalized spacial score (nSPS) is 14.7. The highest BCUT2D eigenvalue weighted by Gasteiger charge is 2.25. The highest BCUT2D eigenvalue weighted by atomic mass is 35.5. The van der Waals surface area contributed by atoms with Crippen LogP contribution in [0.5, 0.6) is 5.75 Å². The van der Waals surface area contributed by atoms with Crippen LogP contribution in [0.15, 0.2) is 24.3 Å². The summed E-state index contributed by atoms with van der Waals surface area (Å²) in [5, 5.41) is 0.485. The fourth-order valence-electron chi connectivity index (χ4n) is 3.23. The lowest BCUT2D eigenvalue weighted by atomic mass is 9.92. The molecule has 3 rings (SSSR count). The van der Waals surface area contributed by atoms with Crippen LogP contribution in [-0.2, 0) is 6.42 Å². The molecule has 3 heteroatoms. The molecule has 0 N–H and O–H groups in total. The number of alkyl halides is 1. The van der Waals surface area contributed by atoms with Crippen molar-refractivity contribution >= 4 is 23.2 Å². The third-order valence-electron chi connectivity index (χ3n) is 4.04. The number of rotatable bonds is 2. The Bertz CT molecular complexity index is 684. The van der Waals surface area contributed by atoms with Gasteiger partial charge < -0.3 is 4.74 Å². The SMILES string of the molecule is Cc1cc(C)c(C(Cl)c2cc(Cl)cc3c2OCC3)c(C)c1. The average molecular weight is 321 g/mol. The maximum atomic E-state index is 6.81. The summed E-state index contributed by atoms with van der Waals surface area (Å²) in [6.45, 7) is 7.03. The van der Waals surface area contributed by atoms with E-state index in [9.17, 15) is 0 Å². The van der Waals surface area contributed by atoms with E-state index in [1.807, 2.05) is 12.1 Å². The second-order valence-electron chi connectivity index (χ2n) is 5.76. The van der Waals surface area contributed by atoms with E-state index in [4.69, 9.17) is 27.9 Å². The van der Waals surface area contributed by atoms with Crippen LogP contribution in [0.25, 0.3) is 0 Å². The number of hydrogen-bond donors (Lipinski definition) is 0. The summed E-state index contributed by atoms with van der Waals surface area (Å²) >= 11 is 13.1. The standard InChI is InChI=1S/C18H18Cl2O/c1-10-6-11(2)16(12(3)7-10)17(20)15-9-14(19)8-13-4-5-21-18(13)15/h6-9,17H,4-5H2,1-3H3. The maximum Gasteiger partial charge on any atom is 0.127 e. The molecule has 110 valence electrons. The van der Waals surface area contributed by atoms with Crippen LogP contribution in [-0.4, -0.2) is 6.61 Å². The highest BCUT2D eigenvalue weighted by Crippen LogP contribution is 2.43. The largest absolute Gasteiger partial charge is 0.493 e. The van der Waals surface area contributed by atoms with Gasteiger partial charge in [0.05, 0.1) is 12.0 Å². The number of hydrogen-bond acceptors (Lipinski definition) is 1. The lowest BCUT2D eigenvalue weighted by molar-refractivity contribution is 0.353. The molecule has 0 bridgehead atoms. The van der Waals surface area contributed by atoms with Gasteiger partial charge in [0.2, 0.25) is 0 Å². The van der Waals surface area contributed by atoms with E-state index in [1.54, 1.807) is 0 Å². The molecule has 0 aromatic heterocycles. The van der Waals surface area contributed by atoms with Gasteiger partial charge in [0.1, 0.15) is 5.75 Å². The fourth-order valence-corrected chi connectivity index (χ4v) is 3.99. The van der Waals surface area contributed by atoms with Gasteiger partial charge >= 0.3 is 0 Å². The minimum Gasteiger partial charge on any atom is -0.493 e. The van der Waals surface area contributed by atoms with Crippen molar-refractivity contribution in [2.45, 2.75) is 32.6 Å². The third kappa shape index (κ3) is 2.65. The van der Waals surface area contributed by atoms with Crippen LogP contribution < -0.4 is 4.74 Å². The second kappa shape index (κ2) is 5.55. The topological polar surface area (TPSA) is 9.23 Å². The van der Waals surface area contributed by atoms with Gasteiger partial charge in [-0.25, -0.2) is 0 Å². The van der Waals surface area contributed by atoms with Crippen LogP contribution >= 0.6 is 23.2 Å². The van der Waals surface area contributed by atoms with Gasteiger partial charge in [-0.1, -0.05) is 29.3 Å². The number of aryl methyl sites for hydroxylation is 3. The average Bonchev–Trinajstić information content (AvgIpc) is 2.84. The molecular formula is C18H18Cl2O. The molecule has 1 aliphatic rings. The predicted octanol–water partition coefficient (Wildman–Crippen LogP) is 5.53. The summed E-state index contributed by atoms with van der Waals surface area (Å²) in [6, 6.07) is 8.25. The fraction of sp³-hybridized carbons (Fsp3) is 0.333. The molecule has 0 saturated heterocycles. The second-order valence-corrected chi connectivity index (χ2v) is 6.63. The van der Waals surface area contributed by atoms with Crippen molar-refractivity contribution in [3.63, 3.8) is 0 Å². The molecule has 1 atom stereocenters. The summed E-state index contributed by atoms with van der Waals surface area (Å²) in [6.07, 6.45) is 0.901. The molecule has 1 heterocycles. The number of halogens is 2. The lowest BCUT2D eigenvalue weighted by Crippen LogP contribution is -2.02. The molecule has 1 unspecified atom stereocenters. The first-order valence-electron chi connectivity index (χ1n) is 7.14. The molecule has 0 saturated carbocycles. The lowest BCUT2D eigenvalue weighted by Gasteiger charge is -2.19. The Labute approximate surface area is 135 Å². The summed E-state index contributed by atoms with van der Waals surface area (Å²) in [5.41, 5.74) is 6.96. The van der Waals surface area contributed by atoms with Gasteiger partial charge in [0.25, 0.3) is 0 Å². The Hall–Kier alpha value is -1.18. The molecule has 21 heavy (non-hydrogen) atoms. The smallest absolute Gasteiger partial charge is 0.127 e. The monoisotopic (exact) mass is 320 g/mol. The summed E-state index contributed by atoms with van der Waals surface area (Å²) < 4.78 is 5.79. The van der Waals surface area contributed by atoms with Crippen LogP contribution in [0.4, 0.5) is 0 Å². The minimum absolute atomic E-state index is 0.240. The summed E-state index contributed by atoms with van der Waals surface area (Å²) in [4.78, 5) is 0. The van der Waals surface area contributed by atoms with E-state index in [0.717, 1.165) is 33.9 Å². The number of ether oxygens (including phenoxy) is 1. The molecule has 0 spiro atoms. The molecule has 0 amide bonds. The van der Waals surface area contributed by atoms with E-state index >= 15 is 0 Å². The maximum absolute atomic E-state index is 6.81. The van der Waals surface area contributed by atoms with Gasteiger partial charge in [-0.3, -0.25) is 0 Å². The number of fused-ring (bicyclic) bond motifs is 1. The minimum atomic E-state index is -0.240. The molecule has 0 aliphatic carbocycles. The molecule has 2 aromatic carbocycles. The first kappa shape index (κ1) is 14.7. The van der Waals surface area contributed by atoms with Crippen molar-refractivity contribution in [2.75, 3.05) is 6.61 Å². The van der Waals surface area contributed by atoms with Gasteiger partial charge in [-0.15, -0.1) is 11.6 Å². The zero-order chi connectivity index (χ0) is 15.1. The van der Waals surface area contributed by atoms with Crippen molar-refractivity contribution in [3.05, 3.63) is 62.7 Å². The van der Waals surface area contributed by atoms with E-state index in [1.165, 1.54) is 16.7 Å². The van der Waals surface area contributed by atoms with Crippen LogP contribution in [0, 0.1) is 20.8 Å². The van der Waals surface area contributed by atoms with Crippen molar-refractivity contribution < 1.29 is 4.74 Å². The molecular weight excluding hydrogens is 303 g/mol. The van der Waals surface area contributed by atoms with Crippen molar-refractivity contribution in [3.8, 4) is 5.75 Å². The van der Waals surface area contributed by atoms with Gasteiger partial charge in [-0.05, 0) is 55.2 Å². The predicted molar refractivity (Wildman–Crippen MR) is 89.0 cm³/mol. The Morgan fingerprint density at radius 3 is 2.38 bits per heavy atom. The quantitative estimate of drug-likeness (QED) is 0.661. The molecule has 1 aliphatic heterocycles. The molecule has 1 nitrogen and oxygen atoms in total. The Morgan fingerprint density at radius 2 is 1.71 bits per heavy atom. The first-order valence-corrected chi connectivity index (χ1v) is 7.95. The molecule has 2 aromatic rings. The van der Waals surface area contributed by atoms with Gasteiger partial charge in [0.15, 0.2) is 0 Å². The van der Waals surface area contributed by atoms with E-state index in [2.05, 4.69) is 32.9 Å². The first-order chi connectivity index (χ1) is 9.97. The summed E-state index contributed by atoms with van der Waals surface area (Å²) in [5.74, 6) is 0.916. The van der Waals surface area contributed by atoms with Crippen molar-refractivity contribution in [1.82, 2.24) is 0 Å². The van der Waals surface area contributed by atoms with Crippen LogP contribution in [0.1, 0.15) is 38.8 Å². The van der Waals surface area contributed by atoms with Crippen molar-refractivity contribution in [2.24, 2.45) is 0 Å². The highest BCUT2D eigenvalue weighted by molar-refractivity contribution is 6.31. The van der Waals surface area contributed by atoms with E-state index in [-0.39, 0.29) is 5.38 Å². The van der Waals surface area contributed by atoms with Crippen LogP contribution in [0.3, 0.4) is 0 Å². The molecule has 0 radical (unpaired) electrons. The van der Waals surface area contributed by atoms with Crippen molar-refractivity contribution in [1.29, 1.82) is 0 Å². The Morgan fingerprint density at radius 1 is 1.05 bits per heavy atom. The molecule has 0 fully saturated rings. The van der Waals surface area contributed by atoms with E-state index < -0.39 is 0 Å². The van der Waals surface area contributed by atoms with Gasteiger partial charge in [0, 0.05) is 17.0 Å². The number of benzene rings is 2. The van der Waals surface area contributed by atoms with Crippen LogP contribution in [0.2, 0.25) is 5.02 Å².